The molecule has 6 nitrogen and oxygen atoms in total. The van der Waals surface area contributed by atoms with Crippen LogP contribution in [0.4, 0.5) is 23.4 Å². The van der Waals surface area contributed by atoms with E-state index in [9.17, 15) is 27.2 Å². The molecule has 4 rings (SSSR count). The fraction of sp³-hybridized carbons (Fsp3) is 0.120. The highest BCUT2D eigenvalue weighted by Gasteiger charge is 2.31. The lowest BCUT2D eigenvalue weighted by atomic mass is 10.00. The van der Waals surface area contributed by atoms with Gasteiger partial charge in [0, 0.05) is 18.4 Å². The molecule has 0 aliphatic carbocycles. The molecule has 4 aromatic rings. The summed E-state index contributed by atoms with van der Waals surface area (Å²) in [5.74, 6) is -1.98. The molecule has 0 unspecified atom stereocenters. The summed E-state index contributed by atoms with van der Waals surface area (Å²) in [5.41, 5.74) is 5.88. The molecule has 1 heterocycles. The third-order valence-corrected chi connectivity index (χ3v) is 5.34. The SMILES string of the molecule is NC(=O)c1cccc2c(NCc3cccc(CC(=O)c4ccc(C(F)(F)F)cc4F)c3)ncnc12. The van der Waals surface area contributed by atoms with Crippen LogP contribution in [0.15, 0.2) is 67.0 Å². The number of alkyl halides is 3. The Hall–Kier alpha value is -4.34. The number of nitrogens with one attached hydrogen (secondary N) is 1. The Morgan fingerprint density at radius 3 is 2.37 bits per heavy atom. The third-order valence-electron chi connectivity index (χ3n) is 5.34. The Labute approximate surface area is 196 Å². The minimum absolute atomic E-state index is 0.186. The lowest BCUT2D eigenvalue weighted by Gasteiger charge is -2.11. The van der Waals surface area contributed by atoms with E-state index in [1.54, 1.807) is 42.5 Å². The van der Waals surface area contributed by atoms with Gasteiger partial charge in [-0.15, -0.1) is 0 Å². The maximum Gasteiger partial charge on any atom is 0.416 e. The number of amides is 1. The zero-order chi connectivity index (χ0) is 25.2. The second-order valence-electron chi connectivity index (χ2n) is 7.75. The Kier molecular flexibility index (Phi) is 6.46. The lowest BCUT2D eigenvalue weighted by molar-refractivity contribution is -0.137. The van der Waals surface area contributed by atoms with Crippen molar-refractivity contribution in [3.8, 4) is 0 Å². The highest BCUT2D eigenvalue weighted by molar-refractivity contribution is 6.06. The second-order valence-corrected chi connectivity index (χ2v) is 7.75. The predicted molar refractivity (Wildman–Crippen MR) is 121 cm³/mol. The maximum atomic E-state index is 14.2. The number of carbonyl (C=O) groups excluding carboxylic acids is 2. The zero-order valence-electron chi connectivity index (χ0n) is 18.1. The molecule has 1 amide bonds. The van der Waals surface area contributed by atoms with Crippen molar-refractivity contribution in [1.82, 2.24) is 9.97 Å². The van der Waals surface area contributed by atoms with Gasteiger partial charge in [-0.1, -0.05) is 30.3 Å². The van der Waals surface area contributed by atoms with Crippen molar-refractivity contribution in [3.05, 3.63) is 101 Å². The molecule has 3 aromatic carbocycles. The summed E-state index contributed by atoms with van der Waals surface area (Å²) < 4.78 is 52.4. The molecular formula is C25H18F4N4O2. The van der Waals surface area contributed by atoms with Crippen LogP contribution < -0.4 is 11.1 Å². The predicted octanol–water partition coefficient (Wildman–Crippen LogP) is 4.92. The number of hydrogen-bond donors (Lipinski definition) is 2. The van der Waals surface area contributed by atoms with Crippen LogP contribution in [0.2, 0.25) is 0 Å². The number of primary amides is 1. The summed E-state index contributed by atoms with van der Waals surface area (Å²) in [6.07, 6.45) is -3.57. The summed E-state index contributed by atoms with van der Waals surface area (Å²) in [6, 6.07) is 13.8. The van der Waals surface area contributed by atoms with Crippen molar-refractivity contribution in [2.45, 2.75) is 19.1 Å². The van der Waals surface area contributed by atoms with Crippen molar-refractivity contribution in [2.24, 2.45) is 5.73 Å². The van der Waals surface area contributed by atoms with Gasteiger partial charge in [0.15, 0.2) is 5.78 Å². The number of hydrogen-bond acceptors (Lipinski definition) is 5. The van der Waals surface area contributed by atoms with E-state index in [-0.39, 0.29) is 12.0 Å². The van der Waals surface area contributed by atoms with Crippen LogP contribution >= 0.6 is 0 Å². The van der Waals surface area contributed by atoms with Gasteiger partial charge in [-0.25, -0.2) is 14.4 Å². The van der Waals surface area contributed by atoms with Crippen LogP contribution in [0.5, 0.6) is 0 Å². The largest absolute Gasteiger partial charge is 0.416 e. The van der Waals surface area contributed by atoms with Crippen molar-refractivity contribution in [1.29, 1.82) is 0 Å². The number of para-hydroxylation sites is 1. The van der Waals surface area contributed by atoms with Crippen molar-refractivity contribution in [3.63, 3.8) is 0 Å². The van der Waals surface area contributed by atoms with Crippen LogP contribution in [0.3, 0.4) is 0 Å². The van der Waals surface area contributed by atoms with Crippen LogP contribution in [0.25, 0.3) is 10.9 Å². The molecule has 0 saturated heterocycles. The minimum atomic E-state index is -4.69. The highest BCUT2D eigenvalue weighted by Crippen LogP contribution is 2.30. The molecular weight excluding hydrogens is 464 g/mol. The van der Waals surface area contributed by atoms with E-state index in [0.717, 1.165) is 11.6 Å². The number of benzene rings is 3. The van der Waals surface area contributed by atoms with Gasteiger partial charge in [0.25, 0.3) is 5.91 Å². The van der Waals surface area contributed by atoms with Crippen LogP contribution in [-0.4, -0.2) is 21.7 Å². The number of rotatable bonds is 7. The topological polar surface area (TPSA) is 98.0 Å². The van der Waals surface area contributed by atoms with Gasteiger partial charge in [0.05, 0.1) is 22.2 Å². The maximum absolute atomic E-state index is 14.2. The van der Waals surface area contributed by atoms with Gasteiger partial charge in [-0.2, -0.15) is 13.2 Å². The fourth-order valence-electron chi connectivity index (χ4n) is 3.66. The van der Waals surface area contributed by atoms with E-state index in [0.29, 0.717) is 41.0 Å². The van der Waals surface area contributed by atoms with Crippen LogP contribution in [0.1, 0.15) is 37.4 Å². The van der Waals surface area contributed by atoms with Crippen LogP contribution in [-0.2, 0) is 19.1 Å². The van der Waals surface area contributed by atoms with E-state index < -0.39 is 34.8 Å². The van der Waals surface area contributed by atoms with Gasteiger partial charge < -0.3 is 11.1 Å². The molecule has 0 bridgehead atoms. The molecule has 178 valence electrons. The molecule has 0 fully saturated rings. The molecule has 0 saturated carbocycles. The average Bonchev–Trinajstić information content (AvgIpc) is 2.81. The molecule has 10 heteroatoms. The summed E-state index contributed by atoms with van der Waals surface area (Å²) in [7, 11) is 0. The number of carbonyl (C=O) groups is 2. The molecule has 1 aromatic heterocycles. The standard InChI is InChI=1S/C25H18F4N4O2/c26-20-11-16(25(27,28)29)7-8-17(20)21(34)10-14-3-1-4-15(9-14)12-31-24-19-6-2-5-18(23(30)35)22(19)32-13-33-24/h1-9,11,13H,10,12H2,(H2,30,35)(H,31,32,33). The van der Waals surface area contributed by atoms with E-state index >= 15 is 0 Å². The summed E-state index contributed by atoms with van der Waals surface area (Å²) in [5, 5.41) is 3.76. The summed E-state index contributed by atoms with van der Waals surface area (Å²) in [4.78, 5) is 32.5. The van der Waals surface area contributed by atoms with Crippen molar-refractivity contribution < 1.29 is 27.2 Å². The lowest BCUT2D eigenvalue weighted by Crippen LogP contribution is -2.12. The third kappa shape index (κ3) is 5.26. The zero-order valence-corrected chi connectivity index (χ0v) is 18.1. The monoisotopic (exact) mass is 482 g/mol. The second kappa shape index (κ2) is 9.49. The van der Waals surface area contributed by atoms with Gasteiger partial charge in [-0.3, -0.25) is 9.59 Å². The Bertz CT molecular complexity index is 1440. The first-order valence-electron chi connectivity index (χ1n) is 10.4. The number of fused-ring (bicyclic) bond motifs is 1. The number of halogens is 4. The Morgan fingerprint density at radius 1 is 0.914 bits per heavy atom. The number of anilines is 1. The summed E-state index contributed by atoms with van der Waals surface area (Å²) in [6.45, 7) is 0.309. The van der Waals surface area contributed by atoms with E-state index in [1.807, 2.05) is 0 Å². The van der Waals surface area contributed by atoms with Crippen LogP contribution in [0, 0.1) is 5.82 Å². The molecule has 0 aliphatic heterocycles. The quantitative estimate of drug-likeness (QED) is 0.288. The van der Waals surface area contributed by atoms with Crippen molar-refractivity contribution in [2.75, 3.05) is 5.32 Å². The van der Waals surface area contributed by atoms with E-state index in [4.69, 9.17) is 5.73 Å². The fourth-order valence-corrected chi connectivity index (χ4v) is 3.66. The van der Waals surface area contributed by atoms with Gasteiger partial charge >= 0.3 is 6.18 Å². The first-order valence-corrected chi connectivity index (χ1v) is 10.4. The molecule has 0 atom stereocenters. The Balaban J connectivity index is 1.49. The number of aromatic nitrogens is 2. The van der Waals surface area contributed by atoms with Gasteiger partial charge in [0.1, 0.15) is 18.0 Å². The van der Waals surface area contributed by atoms with Crippen molar-refractivity contribution >= 4 is 28.4 Å². The van der Waals surface area contributed by atoms with Gasteiger partial charge in [0.2, 0.25) is 0 Å². The summed E-state index contributed by atoms with van der Waals surface area (Å²) >= 11 is 0. The smallest absolute Gasteiger partial charge is 0.366 e. The Morgan fingerprint density at radius 2 is 1.66 bits per heavy atom. The number of nitrogens with two attached hydrogens (primary N) is 1. The molecule has 0 radical (unpaired) electrons. The average molecular weight is 482 g/mol. The first-order chi connectivity index (χ1) is 16.6. The van der Waals surface area contributed by atoms with Gasteiger partial charge in [-0.05, 0) is 41.5 Å². The number of ketones is 1. The minimum Gasteiger partial charge on any atom is -0.366 e. The molecule has 0 aliphatic rings. The molecule has 3 N–H and O–H groups in total. The first kappa shape index (κ1) is 23.8. The van der Waals surface area contributed by atoms with E-state index in [2.05, 4.69) is 15.3 Å². The number of nitrogens with zero attached hydrogens (tertiary/aromatic N) is 2. The molecule has 35 heavy (non-hydrogen) atoms. The number of Topliss-reactive ketones (excluding diaryl/α,β-unsaturated/α-hetero) is 1. The van der Waals surface area contributed by atoms with E-state index in [1.165, 1.54) is 6.33 Å². The highest BCUT2D eigenvalue weighted by atomic mass is 19.4. The molecule has 0 spiro atoms. The normalized spacial score (nSPS) is 11.4.